The highest BCUT2D eigenvalue weighted by molar-refractivity contribution is 5.91. The molecule has 0 aliphatic carbocycles. The minimum atomic E-state index is -0.256. The van der Waals surface area contributed by atoms with Crippen molar-refractivity contribution >= 4 is 11.6 Å². The molecule has 2 heterocycles. The van der Waals surface area contributed by atoms with Crippen LogP contribution in [0.15, 0.2) is 94.7 Å². The topological polar surface area (TPSA) is 136 Å². The van der Waals surface area contributed by atoms with E-state index < -0.39 is 0 Å². The molecule has 9 heteroatoms. The van der Waals surface area contributed by atoms with E-state index in [1.807, 2.05) is 72.8 Å². The van der Waals surface area contributed by atoms with Crippen LogP contribution in [-0.4, -0.2) is 27.7 Å². The van der Waals surface area contributed by atoms with Gasteiger partial charge in [-0.15, -0.1) is 0 Å². The fourth-order valence-electron chi connectivity index (χ4n) is 4.18. The van der Waals surface area contributed by atoms with Gasteiger partial charge in [-0.3, -0.25) is 15.3 Å². The first kappa shape index (κ1) is 22.9. The lowest BCUT2D eigenvalue weighted by Gasteiger charge is -2.10. The molecule has 0 spiro atoms. The van der Waals surface area contributed by atoms with E-state index in [9.17, 15) is 4.79 Å². The Morgan fingerprint density at radius 1 is 0.944 bits per heavy atom. The summed E-state index contributed by atoms with van der Waals surface area (Å²) in [6.07, 6.45) is 0. The Hall–Kier alpha value is -4.89. The highest BCUT2D eigenvalue weighted by atomic mass is 16.5. The van der Waals surface area contributed by atoms with E-state index >= 15 is 0 Å². The number of aromatic amines is 1. The van der Waals surface area contributed by atoms with Crippen molar-refractivity contribution in [2.45, 2.75) is 6.54 Å². The third kappa shape index (κ3) is 4.19. The molecule has 0 saturated carbocycles. The van der Waals surface area contributed by atoms with Gasteiger partial charge in [0.2, 0.25) is 5.96 Å². The van der Waals surface area contributed by atoms with Crippen LogP contribution in [0, 0.1) is 0 Å². The van der Waals surface area contributed by atoms with Crippen LogP contribution in [0.25, 0.3) is 39.2 Å². The largest absolute Gasteiger partial charge is 0.497 e. The van der Waals surface area contributed by atoms with Gasteiger partial charge in [0, 0.05) is 5.56 Å². The number of fused-ring (bicyclic) bond motifs is 1. The molecule has 0 unspecified atom stereocenters. The molecule has 0 aliphatic heterocycles. The van der Waals surface area contributed by atoms with Crippen LogP contribution in [0.1, 0.15) is 5.69 Å². The number of aliphatic imine (C=N–C) groups is 1. The Kier molecular flexibility index (Phi) is 6.21. The van der Waals surface area contributed by atoms with E-state index in [1.54, 1.807) is 19.2 Å². The first-order valence-corrected chi connectivity index (χ1v) is 11.3. The minimum absolute atomic E-state index is 0.0417. The third-order valence-electron chi connectivity index (χ3n) is 5.91. The van der Waals surface area contributed by atoms with Gasteiger partial charge in [0.25, 0.3) is 5.56 Å². The van der Waals surface area contributed by atoms with Crippen LogP contribution in [0.2, 0.25) is 0 Å². The predicted octanol–water partition coefficient (Wildman–Crippen LogP) is 3.31. The van der Waals surface area contributed by atoms with E-state index in [0.29, 0.717) is 28.2 Å². The average molecular weight is 480 g/mol. The number of nitrogens with one attached hydrogen (secondary N) is 2. The molecule has 5 rings (SSSR count). The van der Waals surface area contributed by atoms with Crippen LogP contribution in [-0.2, 0) is 6.54 Å². The Bertz CT molecular complexity index is 1590. The number of aromatic nitrogens is 3. The normalized spacial score (nSPS) is 11.6. The first-order chi connectivity index (χ1) is 17.6. The maximum atomic E-state index is 14.0. The highest BCUT2D eigenvalue weighted by Gasteiger charge is 2.22. The van der Waals surface area contributed by atoms with Gasteiger partial charge in [-0.25, -0.2) is 15.8 Å². The molecule has 6 N–H and O–H groups in total. The summed E-state index contributed by atoms with van der Waals surface area (Å²) in [5, 5.41) is 3.31. The summed E-state index contributed by atoms with van der Waals surface area (Å²) in [4.78, 5) is 23.2. The van der Waals surface area contributed by atoms with Crippen molar-refractivity contribution in [3.63, 3.8) is 0 Å². The molecule has 3 aromatic carbocycles. The van der Waals surface area contributed by atoms with Crippen LogP contribution in [0.5, 0.6) is 5.75 Å². The van der Waals surface area contributed by atoms with Gasteiger partial charge in [0.15, 0.2) is 5.65 Å². The van der Waals surface area contributed by atoms with Crippen LogP contribution >= 0.6 is 0 Å². The summed E-state index contributed by atoms with van der Waals surface area (Å²) in [7, 11) is 1.59. The van der Waals surface area contributed by atoms with Gasteiger partial charge < -0.3 is 10.5 Å². The quantitative estimate of drug-likeness (QED) is 0.128. The zero-order valence-corrected chi connectivity index (χ0v) is 19.6. The van der Waals surface area contributed by atoms with Crippen LogP contribution < -0.4 is 27.3 Å². The van der Waals surface area contributed by atoms with Crippen LogP contribution in [0.4, 0.5) is 0 Å². The molecule has 0 fully saturated rings. The maximum Gasteiger partial charge on any atom is 0.280 e. The second kappa shape index (κ2) is 9.77. The summed E-state index contributed by atoms with van der Waals surface area (Å²) in [5.41, 5.74) is 13.4. The number of hydrogen-bond acceptors (Lipinski definition) is 5. The van der Waals surface area contributed by atoms with Gasteiger partial charge in [-0.05, 0) is 23.3 Å². The number of benzene rings is 3. The number of rotatable bonds is 6. The Morgan fingerprint density at radius 3 is 2.17 bits per heavy atom. The number of hydrogen-bond donors (Lipinski definition) is 4. The average Bonchev–Trinajstić information content (AvgIpc) is 3.32. The van der Waals surface area contributed by atoms with E-state index in [1.165, 1.54) is 4.52 Å². The number of nitrogens with two attached hydrogens (primary N) is 2. The molecular weight excluding hydrogens is 454 g/mol. The van der Waals surface area contributed by atoms with Crippen LogP contribution in [0.3, 0.4) is 0 Å². The van der Waals surface area contributed by atoms with Crippen molar-refractivity contribution in [2.24, 2.45) is 16.6 Å². The van der Waals surface area contributed by atoms with Gasteiger partial charge in [-0.2, -0.15) is 4.52 Å². The first-order valence-electron chi connectivity index (χ1n) is 11.3. The molecule has 36 heavy (non-hydrogen) atoms. The summed E-state index contributed by atoms with van der Waals surface area (Å²) >= 11 is 0. The smallest absolute Gasteiger partial charge is 0.280 e. The summed E-state index contributed by atoms with van der Waals surface area (Å²) in [6, 6.07) is 26.9. The monoisotopic (exact) mass is 479 g/mol. The Labute approximate surface area is 207 Å². The maximum absolute atomic E-state index is 14.0. The molecule has 5 aromatic rings. The molecular formula is C27H25N7O2. The van der Waals surface area contributed by atoms with E-state index in [2.05, 4.69) is 15.5 Å². The zero-order valence-electron chi connectivity index (χ0n) is 19.6. The third-order valence-corrected chi connectivity index (χ3v) is 5.91. The molecule has 9 nitrogen and oxygen atoms in total. The van der Waals surface area contributed by atoms with Gasteiger partial charge in [-0.1, -0.05) is 72.8 Å². The number of ether oxygens (including phenoxy) is 1. The molecule has 0 bridgehead atoms. The van der Waals surface area contributed by atoms with Crippen molar-refractivity contribution in [2.75, 3.05) is 7.11 Å². The number of guanidine groups is 1. The fourth-order valence-corrected chi connectivity index (χ4v) is 4.18. The molecule has 0 saturated heterocycles. The Balaban J connectivity index is 1.84. The Morgan fingerprint density at radius 2 is 1.56 bits per heavy atom. The number of methoxy groups -OCH3 is 1. The molecule has 2 aromatic heterocycles. The predicted molar refractivity (Wildman–Crippen MR) is 141 cm³/mol. The van der Waals surface area contributed by atoms with Crippen molar-refractivity contribution in [3.05, 3.63) is 101 Å². The second-order valence-corrected chi connectivity index (χ2v) is 8.07. The second-order valence-electron chi connectivity index (χ2n) is 8.07. The fraction of sp³-hybridized carbons (Fsp3) is 0.0741. The summed E-state index contributed by atoms with van der Waals surface area (Å²) < 4.78 is 6.77. The molecule has 0 radical (unpaired) electrons. The van der Waals surface area contributed by atoms with Crippen molar-refractivity contribution in [3.8, 4) is 39.3 Å². The number of nitrogens with zero attached hydrogens (tertiary/aromatic N) is 3. The van der Waals surface area contributed by atoms with Crippen molar-refractivity contribution in [1.29, 1.82) is 0 Å². The SMILES string of the molecule is COc1ccc(-c2c(CN=C(N)NN)nc3c(-c4ccccc4)c(-c4ccccc4)[nH]n3c2=O)cc1. The lowest BCUT2D eigenvalue weighted by atomic mass is 10.0. The molecule has 0 atom stereocenters. The van der Waals surface area contributed by atoms with Gasteiger partial charge in [0.05, 0.1) is 36.2 Å². The lowest BCUT2D eigenvalue weighted by Crippen LogP contribution is -2.37. The number of H-pyrrole nitrogens is 1. The van der Waals surface area contributed by atoms with Crippen molar-refractivity contribution < 1.29 is 4.74 Å². The minimum Gasteiger partial charge on any atom is -0.497 e. The van der Waals surface area contributed by atoms with E-state index in [0.717, 1.165) is 22.4 Å². The van der Waals surface area contributed by atoms with E-state index in [4.69, 9.17) is 21.3 Å². The molecule has 180 valence electrons. The van der Waals surface area contributed by atoms with E-state index in [-0.39, 0.29) is 18.1 Å². The molecule has 0 amide bonds. The summed E-state index contributed by atoms with van der Waals surface area (Å²) in [6.45, 7) is 0.0587. The summed E-state index contributed by atoms with van der Waals surface area (Å²) in [5.74, 6) is 6.12. The standard InChI is InChI=1S/C27H25N7O2/c1-36-20-14-12-18(13-15-20)22-21(16-30-27(28)32-29)31-25-23(17-8-4-2-5-9-17)24(33-34(25)26(22)35)19-10-6-3-7-11-19/h2-15,33H,16,29H2,1H3,(H3,28,30,32). The van der Waals surface area contributed by atoms with Gasteiger partial charge >= 0.3 is 0 Å². The zero-order chi connectivity index (χ0) is 25.1. The van der Waals surface area contributed by atoms with Crippen molar-refractivity contribution in [1.82, 2.24) is 20.0 Å². The van der Waals surface area contributed by atoms with Gasteiger partial charge in [0.1, 0.15) is 5.75 Å². The highest BCUT2D eigenvalue weighted by Crippen LogP contribution is 2.35. The number of hydrazine groups is 1. The molecule has 0 aliphatic rings. The lowest BCUT2D eigenvalue weighted by molar-refractivity contribution is 0.415.